The maximum Gasteiger partial charge on any atom is 0.251 e. The Kier molecular flexibility index (Phi) is 5.81. The summed E-state index contributed by atoms with van der Waals surface area (Å²) in [5.41, 5.74) is 3.05. The van der Waals surface area contributed by atoms with Gasteiger partial charge in [0.15, 0.2) is 17.4 Å². The number of hydrogen-bond acceptors (Lipinski definition) is 5. The zero-order valence-electron chi connectivity index (χ0n) is 20.5. The molecule has 1 aliphatic carbocycles. The SMILES string of the molecule is CN1CCn2ncc(-c3ccc4cn(C5CCC(CNC(=O)c6cc(F)c(O)c(F)c6)CC5)nc4c3)c21. The van der Waals surface area contributed by atoms with Gasteiger partial charge < -0.3 is 15.3 Å². The monoisotopic (exact) mass is 506 g/mol. The number of phenols is 1. The zero-order valence-corrected chi connectivity index (χ0v) is 20.5. The van der Waals surface area contributed by atoms with Gasteiger partial charge in [-0.25, -0.2) is 13.5 Å². The van der Waals surface area contributed by atoms with Crippen molar-refractivity contribution in [3.8, 4) is 16.9 Å². The standard InChI is InChI=1S/C27H28F2N6O2/c1-33-8-9-34-27(33)21(14-31-34)17-4-5-18-15-35(32-24(18)12-17)20-6-2-16(3-7-20)13-30-26(37)19-10-22(28)25(36)23(29)11-19/h4-5,10-12,14-16,20,36H,2-3,6-9,13H2,1H3,(H,30,37). The van der Waals surface area contributed by atoms with Crippen LogP contribution in [0.4, 0.5) is 14.6 Å². The fourth-order valence-electron chi connectivity index (χ4n) is 5.54. The molecule has 0 spiro atoms. The largest absolute Gasteiger partial charge is 0.503 e. The Morgan fingerprint density at radius 3 is 2.62 bits per heavy atom. The van der Waals surface area contributed by atoms with Crippen molar-refractivity contribution < 1.29 is 18.7 Å². The van der Waals surface area contributed by atoms with Crippen LogP contribution in [0.2, 0.25) is 0 Å². The number of rotatable bonds is 5. The predicted octanol–water partition coefficient (Wildman–Crippen LogP) is 4.49. The van der Waals surface area contributed by atoms with Gasteiger partial charge >= 0.3 is 0 Å². The summed E-state index contributed by atoms with van der Waals surface area (Å²) in [4.78, 5) is 14.6. The van der Waals surface area contributed by atoms with Gasteiger partial charge in [-0.05, 0) is 55.4 Å². The highest BCUT2D eigenvalue weighted by Crippen LogP contribution is 2.36. The molecule has 1 aliphatic heterocycles. The summed E-state index contributed by atoms with van der Waals surface area (Å²) >= 11 is 0. The highest BCUT2D eigenvalue weighted by Gasteiger charge is 2.25. The van der Waals surface area contributed by atoms with E-state index in [-0.39, 0.29) is 17.5 Å². The smallest absolute Gasteiger partial charge is 0.251 e. The molecule has 0 radical (unpaired) electrons. The Morgan fingerprint density at radius 1 is 1.11 bits per heavy atom. The average Bonchev–Trinajstić information content (AvgIpc) is 3.61. The molecule has 1 fully saturated rings. The quantitative estimate of drug-likeness (QED) is 0.416. The minimum Gasteiger partial charge on any atom is -0.503 e. The Morgan fingerprint density at radius 2 is 1.86 bits per heavy atom. The number of hydrogen-bond donors (Lipinski definition) is 2. The van der Waals surface area contributed by atoms with Gasteiger partial charge in [-0.1, -0.05) is 12.1 Å². The molecular weight excluding hydrogens is 478 g/mol. The minimum absolute atomic E-state index is 0.142. The Hall–Kier alpha value is -3.95. The molecule has 0 saturated heterocycles. The Labute approximate surface area is 212 Å². The molecule has 1 amide bonds. The topological polar surface area (TPSA) is 88.2 Å². The van der Waals surface area contributed by atoms with Crippen molar-refractivity contribution in [3.63, 3.8) is 0 Å². The minimum atomic E-state index is -1.15. The first kappa shape index (κ1) is 23.4. The van der Waals surface area contributed by atoms with Gasteiger partial charge in [0.25, 0.3) is 5.91 Å². The molecular formula is C27H28F2N6O2. The third kappa shape index (κ3) is 4.30. The number of halogens is 2. The molecule has 0 atom stereocenters. The fraction of sp³-hybridized carbons (Fsp3) is 0.370. The van der Waals surface area contributed by atoms with Gasteiger partial charge in [0.2, 0.25) is 0 Å². The van der Waals surface area contributed by atoms with Gasteiger partial charge in [-0.2, -0.15) is 10.2 Å². The van der Waals surface area contributed by atoms with E-state index in [1.165, 1.54) is 0 Å². The van der Waals surface area contributed by atoms with Crippen LogP contribution in [-0.4, -0.2) is 50.7 Å². The maximum atomic E-state index is 13.6. The normalized spacial score (nSPS) is 19.4. The Balaban J connectivity index is 1.08. The summed E-state index contributed by atoms with van der Waals surface area (Å²) < 4.78 is 31.2. The molecule has 1 saturated carbocycles. The summed E-state index contributed by atoms with van der Waals surface area (Å²) in [6.07, 6.45) is 7.74. The van der Waals surface area contributed by atoms with Crippen LogP contribution in [-0.2, 0) is 6.54 Å². The van der Waals surface area contributed by atoms with E-state index in [4.69, 9.17) is 5.10 Å². The lowest BCUT2D eigenvalue weighted by atomic mass is 9.86. The molecule has 2 aromatic carbocycles. The van der Waals surface area contributed by atoms with Crippen molar-refractivity contribution in [2.24, 2.45) is 5.92 Å². The van der Waals surface area contributed by atoms with Crippen LogP contribution >= 0.6 is 0 Å². The number of carbonyl (C=O) groups is 1. The molecule has 37 heavy (non-hydrogen) atoms. The van der Waals surface area contributed by atoms with Gasteiger partial charge in [0.05, 0.1) is 24.3 Å². The summed E-state index contributed by atoms with van der Waals surface area (Å²) in [5.74, 6) is -2.49. The van der Waals surface area contributed by atoms with Crippen LogP contribution in [0, 0.1) is 17.6 Å². The van der Waals surface area contributed by atoms with Crippen LogP contribution in [0.15, 0.2) is 42.7 Å². The van der Waals surface area contributed by atoms with Crippen LogP contribution in [0.1, 0.15) is 42.1 Å². The van der Waals surface area contributed by atoms with Gasteiger partial charge in [0, 0.05) is 42.8 Å². The fourth-order valence-corrected chi connectivity index (χ4v) is 5.54. The number of fused-ring (bicyclic) bond motifs is 2. The molecule has 2 aromatic heterocycles. The number of nitrogens with one attached hydrogen (secondary N) is 1. The Bertz CT molecular complexity index is 1460. The van der Waals surface area contributed by atoms with Crippen molar-refractivity contribution in [3.05, 3.63) is 59.9 Å². The van der Waals surface area contributed by atoms with E-state index in [0.29, 0.717) is 6.54 Å². The van der Waals surface area contributed by atoms with E-state index < -0.39 is 23.3 Å². The number of aromatic hydroxyl groups is 1. The third-order valence-corrected chi connectivity index (χ3v) is 7.68. The van der Waals surface area contributed by atoms with E-state index in [1.54, 1.807) is 0 Å². The van der Waals surface area contributed by atoms with E-state index >= 15 is 0 Å². The highest BCUT2D eigenvalue weighted by atomic mass is 19.1. The van der Waals surface area contributed by atoms with Crippen LogP contribution in [0.3, 0.4) is 0 Å². The summed E-state index contributed by atoms with van der Waals surface area (Å²) in [5, 5.41) is 22.5. The lowest BCUT2D eigenvalue weighted by Gasteiger charge is -2.28. The summed E-state index contributed by atoms with van der Waals surface area (Å²) in [7, 11) is 2.09. The van der Waals surface area contributed by atoms with E-state index in [2.05, 4.69) is 51.4 Å². The number of anilines is 1. The van der Waals surface area contributed by atoms with Crippen LogP contribution < -0.4 is 10.2 Å². The van der Waals surface area contributed by atoms with E-state index in [0.717, 1.165) is 78.8 Å². The number of likely N-dealkylation sites (N-methyl/N-ethyl adjacent to an activating group) is 1. The van der Waals surface area contributed by atoms with E-state index in [9.17, 15) is 18.7 Å². The first-order valence-corrected chi connectivity index (χ1v) is 12.6. The number of phenolic OH excluding ortho intramolecular Hbond substituents is 1. The second-order valence-corrected chi connectivity index (χ2v) is 10.1. The summed E-state index contributed by atoms with van der Waals surface area (Å²) in [6.45, 7) is 2.31. The lowest BCUT2D eigenvalue weighted by Crippen LogP contribution is -2.31. The second-order valence-electron chi connectivity index (χ2n) is 10.1. The molecule has 0 unspecified atom stereocenters. The van der Waals surface area contributed by atoms with Crippen LogP contribution in [0.5, 0.6) is 5.75 Å². The number of carbonyl (C=O) groups excluding carboxylic acids is 1. The van der Waals surface area contributed by atoms with Gasteiger partial charge in [0.1, 0.15) is 5.82 Å². The molecule has 2 N–H and O–H groups in total. The maximum absolute atomic E-state index is 13.6. The van der Waals surface area contributed by atoms with Crippen molar-refractivity contribution in [2.75, 3.05) is 25.0 Å². The molecule has 10 heteroatoms. The van der Waals surface area contributed by atoms with Crippen LogP contribution in [0.25, 0.3) is 22.0 Å². The third-order valence-electron chi connectivity index (χ3n) is 7.68. The van der Waals surface area contributed by atoms with Crippen molar-refractivity contribution in [2.45, 2.75) is 38.3 Å². The zero-order chi connectivity index (χ0) is 25.7. The summed E-state index contributed by atoms with van der Waals surface area (Å²) in [6, 6.07) is 8.35. The number of nitrogens with zero attached hydrogens (tertiary/aromatic N) is 5. The predicted molar refractivity (Wildman–Crippen MR) is 136 cm³/mol. The number of aromatic nitrogens is 4. The van der Waals surface area contributed by atoms with Gasteiger partial charge in [-0.15, -0.1) is 0 Å². The molecule has 8 nitrogen and oxygen atoms in total. The first-order valence-electron chi connectivity index (χ1n) is 12.6. The highest BCUT2D eigenvalue weighted by molar-refractivity contribution is 5.94. The lowest BCUT2D eigenvalue weighted by molar-refractivity contribution is 0.0940. The molecule has 6 rings (SSSR count). The number of amides is 1. The van der Waals surface area contributed by atoms with Gasteiger partial charge in [-0.3, -0.25) is 9.48 Å². The molecule has 3 heterocycles. The average molecular weight is 507 g/mol. The second kappa shape index (κ2) is 9.17. The first-order chi connectivity index (χ1) is 17.9. The van der Waals surface area contributed by atoms with E-state index in [1.807, 2.05) is 10.9 Å². The molecule has 2 aliphatic rings. The number of benzene rings is 2. The molecule has 4 aromatic rings. The van der Waals surface area contributed by atoms with Crippen molar-refractivity contribution >= 4 is 22.6 Å². The molecule has 0 bridgehead atoms. The molecule has 192 valence electrons. The van der Waals surface area contributed by atoms with Crippen molar-refractivity contribution in [1.82, 2.24) is 24.9 Å². The van der Waals surface area contributed by atoms with Crippen molar-refractivity contribution in [1.29, 1.82) is 0 Å².